The van der Waals surface area contributed by atoms with Gasteiger partial charge in [-0.3, -0.25) is 4.79 Å². The maximum Gasteiger partial charge on any atom is 0.197 e. The van der Waals surface area contributed by atoms with Gasteiger partial charge in [-0.1, -0.05) is 109 Å². The lowest BCUT2D eigenvalue weighted by Crippen LogP contribution is -2.03. The number of carbonyl (C=O) groups is 1. The molecule has 0 saturated carbocycles. The average molecular weight is 475 g/mol. The Morgan fingerprint density at radius 2 is 1.03 bits per heavy atom. The molecule has 1 N–H and O–H groups in total. The Bertz CT molecular complexity index is 1930. The average Bonchev–Trinajstić information content (AvgIpc) is 2.96. The molecule has 0 aliphatic carbocycles. The van der Waals surface area contributed by atoms with E-state index in [9.17, 15) is 9.90 Å². The van der Waals surface area contributed by atoms with E-state index in [2.05, 4.69) is 78.9 Å². The van der Waals surface area contributed by atoms with Crippen molar-refractivity contribution in [3.05, 3.63) is 139 Å². The number of hydrogen-bond acceptors (Lipinski definition) is 2. The van der Waals surface area contributed by atoms with Crippen molar-refractivity contribution in [1.29, 1.82) is 0 Å². The number of ketones is 1. The zero-order valence-corrected chi connectivity index (χ0v) is 20.0. The first-order valence-electron chi connectivity index (χ1n) is 12.4. The van der Waals surface area contributed by atoms with Crippen molar-refractivity contribution in [3.63, 3.8) is 0 Å². The maximum atomic E-state index is 13.5. The van der Waals surface area contributed by atoms with Crippen molar-refractivity contribution >= 4 is 38.1 Å². The van der Waals surface area contributed by atoms with Gasteiger partial charge in [-0.2, -0.15) is 0 Å². The molecular formula is C35H22O2. The molecule has 0 aliphatic rings. The number of benzene rings is 7. The maximum absolute atomic E-state index is 13.5. The van der Waals surface area contributed by atoms with E-state index in [0.29, 0.717) is 11.1 Å². The minimum Gasteiger partial charge on any atom is -0.507 e. The fraction of sp³-hybridized carbons (Fsp3) is 0. The zero-order valence-electron chi connectivity index (χ0n) is 20.0. The van der Waals surface area contributed by atoms with Gasteiger partial charge in [0, 0.05) is 5.56 Å². The lowest BCUT2D eigenvalue weighted by Gasteiger charge is -2.16. The number of phenols is 1. The van der Waals surface area contributed by atoms with Crippen LogP contribution in [0.5, 0.6) is 5.75 Å². The number of phenolic OH excluding ortho intramolecular Hbond substituents is 1. The van der Waals surface area contributed by atoms with Crippen LogP contribution in [0.15, 0.2) is 127 Å². The van der Waals surface area contributed by atoms with E-state index in [-0.39, 0.29) is 11.5 Å². The second kappa shape index (κ2) is 8.32. The van der Waals surface area contributed by atoms with Crippen LogP contribution < -0.4 is 0 Å². The van der Waals surface area contributed by atoms with E-state index in [1.807, 2.05) is 24.3 Å². The third-order valence-electron chi connectivity index (χ3n) is 7.36. The summed E-state index contributed by atoms with van der Waals surface area (Å²) in [5.74, 6) is -0.174. The van der Waals surface area contributed by atoms with Gasteiger partial charge in [0.25, 0.3) is 0 Å². The summed E-state index contributed by atoms with van der Waals surface area (Å²) in [5.41, 5.74) is 5.63. The van der Waals surface area contributed by atoms with Crippen LogP contribution in [-0.4, -0.2) is 10.9 Å². The van der Waals surface area contributed by atoms with Gasteiger partial charge in [0.15, 0.2) is 5.78 Å². The molecule has 174 valence electrons. The molecule has 0 heterocycles. The molecule has 2 nitrogen and oxygen atoms in total. The number of aromatic hydroxyl groups is 1. The Morgan fingerprint density at radius 1 is 0.459 bits per heavy atom. The fourth-order valence-corrected chi connectivity index (χ4v) is 5.53. The summed E-state index contributed by atoms with van der Waals surface area (Å²) >= 11 is 0. The lowest BCUT2D eigenvalue weighted by molar-refractivity contribution is 0.103. The Kier molecular flexibility index (Phi) is 4.80. The summed E-state index contributed by atoms with van der Waals surface area (Å²) in [7, 11) is 0. The molecule has 37 heavy (non-hydrogen) atoms. The van der Waals surface area contributed by atoms with Gasteiger partial charge in [0.1, 0.15) is 5.75 Å². The van der Waals surface area contributed by atoms with Crippen LogP contribution in [0.1, 0.15) is 15.9 Å². The molecule has 7 aromatic rings. The van der Waals surface area contributed by atoms with E-state index in [1.165, 1.54) is 16.7 Å². The van der Waals surface area contributed by atoms with Gasteiger partial charge in [-0.25, -0.2) is 0 Å². The second-order valence-electron chi connectivity index (χ2n) is 9.44. The first-order valence-corrected chi connectivity index (χ1v) is 12.4. The lowest BCUT2D eigenvalue weighted by atomic mass is 9.87. The molecule has 0 atom stereocenters. The summed E-state index contributed by atoms with van der Waals surface area (Å²) in [6.45, 7) is 0. The SMILES string of the molecule is O=C(c1ccccc1O)c1ccc2ccc3c(-c4ccc(-c5ccccc5)cc4)ccc4ccc1c2c43. The van der Waals surface area contributed by atoms with E-state index in [1.54, 1.807) is 24.3 Å². The van der Waals surface area contributed by atoms with E-state index >= 15 is 0 Å². The minimum atomic E-state index is -0.173. The molecule has 0 bridgehead atoms. The molecular weight excluding hydrogens is 452 g/mol. The first kappa shape index (κ1) is 21.3. The van der Waals surface area contributed by atoms with Gasteiger partial charge < -0.3 is 5.11 Å². The summed E-state index contributed by atoms with van der Waals surface area (Å²) in [6, 6.07) is 42.5. The summed E-state index contributed by atoms with van der Waals surface area (Å²) < 4.78 is 0. The third kappa shape index (κ3) is 3.38. The molecule has 0 amide bonds. The normalized spacial score (nSPS) is 11.5. The van der Waals surface area contributed by atoms with Crippen molar-refractivity contribution < 1.29 is 9.90 Å². The quantitative estimate of drug-likeness (QED) is 0.204. The van der Waals surface area contributed by atoms with Crippen LogP contribution in [-0.2, 0) is 0 Å². The highest BCUT2D eigenvalue weighted by Crippen LogP contribution is 2.41. The first-order chi connectivity index (χ1) is 18.2. The Labute approximate surface area is 214 Å². The fourth-order valence-electron chi connectivity index (χ4n) is 5.53. The highest BCUT2D eigenvalue weighted by Gasteiger charge is 2.19. The molecule has 0 spiro atoms. The molecule has 0 fully saturated rings. The summed E-state index contributed by atoms with van der Waals surface area (Å²) in [4.78, 5) is 13.5. The van der Waals surface area contributed by atoms with Crippen LogP contribution in [0.25, 0.3) is 54.6 Å². The third-order valence-corrected chi connectivity index (χ3v) is 7.36. The molecule has 2 heteroatoms. The van der Waals surface area contributed by atoms with Crippen LogP contribution >= 0.6 is 0 Å². The molecule has 7 rings (SSSR count). The minimum absolute atomic E-state index is 0.000527. The van der Waals surface area contributed by atoms with Gasteiger partial charge in [0.2, 0.25) is 0 Å². The van der Waals surface area contributed by atoms with E-state index < -0.39 is 0 Å². The van der Waals surface area contributed by atoms with Crippen molar-refractivity contribution in [2.24, 2.45) is 0 Å². The largest absolute Gasteiger partial charge is 0.507 e. The van der Waals surface area contributed by atoms with Gasteiger partial charge in [-0.15, -0.1) is 0 Å². The number of para-hydroxylation sites is 1. The summed E-state index contributed by atoms with van der Waals surface area (Å²) in [6.07, 6.45) is 0. The Morgan fingerprint density at radius 3 is 1.78 bits per heavy atom. The molecule has 0 radical (unpaired) electrons. The molecule has 0 aliphatic heterocycles. The number of carbonyl (C=O) groups excluding carboxylic acids is 1. The smallest absolute Gasteiger partial charge is 0.197 e. The zero-order chi connectivity index (χ0) is 24.9. The summed E-state index contributed by atoms with van der Waals surface area (Å²) in [5, 5.41) is 16.9. The highest BCUT2D eigenvalue weighted by molar-refractivity contribution is 6.30. The van der Waals surface area contributed by atoms with Gasteiger partial charge >= 0.3 is 0 Å². The predicted molar refractivity (Wildman–Crippen MR) is 153 cm³/mol. The topological polar surface area (TPSA) is 37.3 Å². The van der Waals surface area contributed by atoms with Crippen LogP contribution in [0.4, 0.5) is 0 Å². The molecule has 0 aromatic heterocycles. The highest BCUT2D eigenvalue weighted by atomic mass is 16.3. The van der Waals surface area contributed by atoms with Gasteiger partial charge in [-0.05, 0) is 72.8 Å². The number of rotatable bonds is 4. The van der Waals surface area contributed by atoms with Gasteiger partial charge in [0.05, 0.1) is 5.56 Å². The second-order valence-corrected chi connectivity index (χ2v) is 9.44. The predicted octanol–water partition coefficient (Wildman–Crippen LogP) is 8.85. The molecule has 0 saturated heterocycles. The van der Waals surface area contributed by atoms with E-state index in [4.69, 9.17) is 0 Å². The molecule has 7 aromatic carbocycles. The van der Waals surface area contributed by atoms with Crippen LogP contribution in [0, 0.1) is 0 Å². The Balaban J connectivity index is 1.42. The van der Waals surface area contributed by atoms with Crippen LogP contribution in [0.2, 0.25) is 0 Å². The standard InChI is InChI=1S/C35H22O2/c36-32-9-5-4-8-31(32)35(37)30-21-17-26-15-19-28-27(18-14-25-16-20-29(30)34(26)33(25)28)24-12-10-23(11-13-24)22-6-2-1-3-7-22/h1-21,36H. The van der Waals surface area contributed by atoms with Crippen molar-refractivity contribution in [1.82, 2.24) is 0 Å². The molecule has 0 unspecified atom stereocenters. The monoisotopic (exact) mass is 474 g/mol. The van der Waals surface area contributed by atoms with Crippen molar-refractivity contribution in [3.8, 4) is 28.0 Å². The van der Waals surface area contributed by atoms with Crippen molar-refractivity contribution in [2.45, 2.75) is 0 Å². The Hall–Kier alpha value is -4.95. The van der Waals surface area contributed by atoms with Crippen LogP contribution in [0.3, 0.4) is 0 Å². The number of hydrogen-bond donors (Lipinski definition) is 1. The van der Waals surface area contributed by atoms with E-state index in [0.717, 1.165) is 37.9 Å². The van der Waals surface area contributed by atoms with Crippen molar-refractivity contribution in [2.75, 3.05) is 0 Å².